The largest absolute Gasteiger partial charge is 0.488 e. The SMILES string of the molecule is N#C/C(=C/c1ccc(OCc2ccccc2F)c(I)c1)C(=O)NCCCc1ccccc1. The van der Waals surface area contributed by atoms with Gasteiger partial charge in [-0.1, -0.05) is 54.6 Å². The maximum atomic E-state index is 13.8. The number of ether oxygens (including phenoxy) is 1. The van der Waals surface area contributed by atoms with Crippen molar-refractivity contribution < 1.29 is 13.9 Å². The van der Waals surface area contributed by atoms with Crippen LogP contribution in [0.2, 0.25) is 0 Å². The van der Waals surface area contributed by atoms with E-state index in [0.717, 1.165) is 16.4 Å². The van der Waals surface area contributed by atoms with Gasteiger partial charge in [-0.3, -0.25) is 4.79 Å². The molecule has 0 aliphatic heterocycles. The Balaban J connectivity index is 1.56. The lowest BCUT2D eigenvalue weighted by molar-refractivity contribution is -0.117. The Hall–Kier alpha value is -3.18. The van der Waals surface area contributed by atoms with Gasteiger partial charge >= 0.3 is 0 Å². The van der Waals surface area contributed by atoms with Gasteiger partial charge in [0, 0.05) is 12.1 Å². The Bertz CT molecular complexity index is 1140. The van der Waals surface area contributed by atoms with Crippen LogP contribution in [0.25, 0.3) is 6.08 Å². The summed E-state index contributed by atoms with van der Waals surface area (Å²) >= 11 is 2.12. The van der Waals surface area contributed by atoms with Crippen molar-refractivity contribution in [1.29, 1.82) is 5.26 Å². The fraction of sp³-hybridized carbons (Fsp3) is 0.154. The van der Waals surface area contributed by atoms with Gasteiger partial charge in [-0.2, -0.15) is 5.26 Å². The van der Waals surface area contributed by atoms with Crippen molar-refractivity contribution in [3.05, 3.63) is 104 Å². The number of carbonyl (C=O) groups is 1. The number of nitriles is 1. The van der Waals surface area contributed by atoms with Crippen molar-refractivity contribution in [2.45, 2.75) is 19.4 Å². The quantitative estimate of drug-likeness (QED) is 0.165. The van der Waals surface area contributed by atoms with Crippen LogP contribution in [0, 0.1) is 20.7 Å². The van der Waals surface area contributed by atoms with Crippen molar-refractivity contribution in [2.24, 2.45) is 0 Å². The van der Waals surface area contributed by atoms with E-state index in [1.807, 2.05) is 42.5 Å². The summed E-state index contributed by atoms with van der Waals surface area (Å²) in [6.45, 7) is 0.611. The third kappa shape index (κ3) is 6.92. The standard InChI is InChI=1S/C26H22FIN2O2/c27-23-11-5-4-10-21(23)18-32-25-13-12-20(16-24(25)28)15-22(17-29)26(31)30-14-6-9-19-7-2-1-3-8-19/h1-5,7-8,10-13,15-16H,6,9,14,18H2,(H,30,31)/b22-15-. The summed E-state index contributed by atoms with van der Waals surface area (Å²) in [6, 6.07) is 23.8. The maximum Gasteiger partial charge on any atom is 0.261 e. The summed E-state index contributed by atoms with van der Waals surface area (Å²) in [5, 5.41) is 12.2. The van der Waals surface area contributed by atoms with Crippen LogP contribution in [-0.2, 0) is 17.8 Å². The zero-order valence-electron chi connectivity index (χ0n) is 17.4. The number of aryl methyl sites for hydroxylation is 1. The Morgan fingerprint density at radius 2 is 1.84 bits per heavy atom. The molecule has 0 saturated carbocycles. The van der Waals surface area contributed by atoms with E-state index < -0.39 is 5.91 Å². The first-order valence-electron chi connectivity index (χ1n) is 10.2. The van der Waals surface area contributed by atoms with Crippen molar-refractivity contribution in [1.82, 2.24) is 5.32 Å². The monoisotopic (exact) mass is 540 g/mol. The summed E-state index contributed by atoms with van der Waals surface area (Å²) < 4.78 is 20.3. The van der Waals surface area contributed by atoms with Crippen molar-refractivity contribution >= 4 is 34.6 Å². The van der Waals surface area contributed by atoms with Gasteiger partial charge in [0.15, 0.2) is 0 Å². The smallest absolute Gasteiger partial charge is 0.261 e. The van der Waals surface area contributed by atoms with Crippen LogP contribution in [0.3, 0.4) is 0 Å². The molecular weight excluding hydrogens is 518 g/mol. The molecule has 0 saturated heterocycles. The molecule has 0 spiro atoms. The molecule has 1 amide bonds. The molecule has 0 radical (unpaired) electrons. The minimum Gasteiger partial charge on any atom is -0.488 e. The van der Waals surface area contributed by atoms with Crippen LogP contribution >= 0.6 is 22.6 Å². The minimum absolute atomic E-state index is 0.0422. The van der Waals surface area contributed by atoms with E-state index in [1.54, 1.807) is 36.4 Å². The van der Waals surface area contributed by atoms with Crippen molar-refractivity contribution in [3.63, 3.8) is 0 Å². The summed E-state index contributed by atoms with van der Waals surface area (Å²) in [7, 11) is 0. The highest BCUT2D eigenvalue weighted by molar-refractivity contribution is 14.1. The molecule has 0 atom stereocenters. The summed E-state index contributed by atoms with van der Waals surface area (Å²) in [4.78, 5) is 12.4. The topological polar surface area (TPSA) is 62.1 Å². The molecule has 32 heavy (non-hydrogen) atoms. The van der Waals surface area contributed by atoms with E-state index >= 15 is 0 Å². The highest BCUT2D eigenvalue weighted by atomic mass is 127. The number of nitrogens with one attached hydrogen (secondary N) is 1. The Morgan fingerprint density at radius 1 is 1.09 bits per heavy atom. The number of amides is 1. The number of halogens is 2. The lowest BCUT2D eigenvalue weighted by Gasteiger charge is -2.10. The molecule has 0 aliphatic carbocycles. The molecule has 1 N–H and O–H groups in total. The van der Waals surface area contributed by atoms with Crippen molar-refractivity contribution in [2.75, 3.05) is 6.54 Å². The fourth-order valence-corrected chi connectivity index (χ4v) is 3.74. The number of benzene rings is 3. The second-order valence-electron chi connectivity index (χ2n) is 7.08. The Labute approximate surface area is 200 Å². The third-order valence-corrected chi connectivity index (χ3v) is 5.59. The Kier molecular flexibility index (Phi) is 8.81. The van der Waals surface area contributed by atoms with E-state index in [1.165, 1.54) is 11.6 Å². The molecule has 0 aromatic heterocycles. The number of rotatable bonds is 9. The number of hydrogen-bond donors (Lipinski definition) is 1. The van der Waals surface area contributed by atoms with Crippen LogP contribution in [0.15, 0.2) is 78.4 Å². The van der Waals surface area contributed by atoms with E-state index in [0.29, 0.717) is 23.4 Å². The molecule has 0 aliphatic rings. The first-order valence-corrected chi connectivity index (χ1v) is 11.2. The average Bonchev–Trinajstić information content (AvgIpc) is 2.81. The molecule has 0 heterocycles. The fourth-order valence-electron chi connectivity index (χ4n) is 3.04. The predicted molar refractivity (Wildman–Crippen MR) is 131 cm³/mol. The molecule has 3 aromatic rings. The molecule has 162 valence electrons. The molecular formula is C26H22FIN2O2. The molecule has 4 nitrogen and oxygen atoms in total. The van der Waals surface area contributed by atoms with Gasteiger partial charge < -0.3 is 10.1 Å². The zero-order chi connectivity index (χ0) is 22.8. The molecule has 0 unspecified atom stereocenters. The molecule has 3 rings (SSSR count). The van der Waals surface area contributed by atoms with Gasteiger partial charge in [-0.05, 0) is 70.8 Å². The van der Waals surface area contributed by atoms with Crippen LogP contribution in [0.5, 0.6) is 5.75 Å². The second kappa shape index (κ2) is 12.0. The van der Waals surface area contributed by atoms with Crippen LogP contribution in [0.1, 0.15) is 23.1 Å². The summed E-state index contributed by atoms with van der Waals surface area (Å²) in [5.41, 5.74) is 2.44. The van der Waals surface area contributed by atoms with E-state index in [9.17, 15) is 14.4 Å². The lowest BCUT2D eigenvalue weighted by atomic mass is 10.1. The van der Waals surface area contributed by atoms with Crippen LogP contribution < -0.4 is 10.1 Å². The predicted octanol–water partition coefficient (Wildman–Crippen LogP) is 5.67. The van der Waals surface area contributed by atoms with E-state index in [2.05, 4.69) is 27.9 Å². The highest BCUT2D eigenvalue weighted by Crippen LogP contribution is 2.24. The normalized spacial score (nSPS) is 11.0. The van der Waals surface area contributed by atoms with Gasteiger partial charge in [0.25, 0.3) is 5.91 Å². The third-order valence-electron chi connectivity index (χ3n) is 4.74. The van der Waals surface area contributed by atoms with E-state index in [-0.39, 0.29) is 18.0 Å². The number of hydrogen-bond acceptors (Lipinski definition) is 3. The highest BCUT2D eigenvalue weighted by Gasteiger charge is 2.10. The summed E-state index contributed by atoms with van der Waals surface area (Å²) in [5.74, 6) is -0.0965. The van der Waals surface area contributed by atoms with Gasteiger partial charge in [-0.15, -0.1) is 0 Å². The molecule has 0 fully saturated rings. The molecule has 0 bridgehead atoms. The van der Waals surface area contributed by atoms with Crippen LogP contribution in [0.4, 0.5) is 4.39 Å². The van der Waals surface area contributed by atoms with Crippen molar-refractivity contribution in [3.8, 4) is 11.8 Å². The van der Waals surface area contributed by atoms with Gasteiger partial charge in [-0.25, -0.2) is 4.39 Å². The minimum atomic E-state index is -0.393. The maximum absolute atomic E-state index is 13.8. The van der Waals surface area contributed by atoms with Gasteiger partial charge in [0.2, 0.25) is 0 Å². The molecule has 6 heteroatoms. The summed E-state index contributed by atoms with van der Waals surface area (Å²) in [6.07, 6.45) is 3.20. The van der Waals surface area contributed by atoms with Crippen LogP contribution in [-0.4, -0.2) is 12.5 Å². The van der Waals surface area contributed by atoms with Gasteiger partial charge in [0.1, 0.15) is 29.8 Å². The zero-order valence-corrected chi connectivity index (χ0v) is 19.5. The Morgan fingerprint density at radius 3 is 2.56 bits per heavy atom. The second-order valence-corrected chi connectivity index (χ2v) is 8.25. The average molecular weight is 540 g/mol. The first-order chi connectivity index (χ1) is 15.6. The number of carbonyl (C=O) groups excluding carboxylic acids is 1. The first kappa shape index (κ1) is 23.5. The number of nitrogens with zero attached hydrogens (tertiary/aromatic N) is 1. The van der Waals surface area contributed by atoms with Gasteiger partial charge in [0.05, 0.1) is 3.57 Å². The van der Waals surface area contributed by atoms with E-state index in [4.69, 9.17) is 4.74 Å². The lowest BCUT2D eigenvalue weighted by Crippen LogP contribution is -2.25. The molecule has 3 aromatic carbocycles.